The lowest BCUT2D eigenvalue weighted by molar-refractivity contribution is 0.954. The summed E-state index contributed by atoms with van der Waals surface area (Å²) in [6, 6.07) is 70.3. The molecular formula is C51H33N5. The van der Waals surface area contributed by atoms with E-state index in [0.717, 1.165) is 66.4 Å². The molecule has 0 saturated heterocycles. The molecular weight excluding hydrogens is 683 g/mol. The van der Waals surface area contributed by atoms with Crippen LogP contribution in [0.1, 0.15) is 0 Å². The van der Waals surface area contributed by atoms with Gasteiger partial charge in [-0.3, -0.25) is 4.57 Å². The lowest BCUT2D eigenvalue weighted by Crippen LogP contribution is -2.06. The van der Waals surface area contributed by atoms with E-state index in [-0.39, 0.29) is 0 Å². The highest BCUT2D eigenvalue weighted by molar-refractivity contribution is 6.18. The predicted octanol–water partition coefficient (Wildman–Crippen LogP) is 12.7. The van der Waals surface area contributed by atoms with Crippen LogP contribution < -0.4 is 0 Å². The average molecular weight is 716 g/mol. The Kier molecular flexibility index (Phi) is 7.42. The van der Waals surface area contributed by atoms with E-state index >= 15 is 0 Å². The van der Waals surface area contributed by atoms with E-state index in [1.165, 1.54) is 16.3 Å². The second-order valence-electron chi connectivity index (χ2n) is 14.1. The number of benzene rings is 8. The SMILES string of the molecule is c1ccc(-c2cc(-c3ccccc3)cc(-c3nc(-c4ccccc4)nc(-n4c5ccccc5c5cc6c(cc54)c4ccccc4n6-c4ccccc4)n3)c2)cc1. The minimum Gasteiger partial charge on any atom is -0.309 e. The van der Waals surface area contributed by atoms with Gasteiger partial charge in [0.2, 0.25) is 5.95 Å². The Morgan fingerprint density at radius 3 is 1.23 bits per heavy atom. The molecule has 3 aromatic heterocycles. The Bertz CT molecular complexity index is 3160. The zero-order chi connectivity index (χ0) is 37.0. The molecule has 0 fully saturated rings. The number of fused-ring (bicyclic) bond motifs is 6. The molecule has 3 heterocycles. The van der Waals surface area contributed by atoms with E-state index in [9.17, 15) is 0 Å². The zero-order valence-corrected chi connectivity index (χ0v) is 30.3. The third-order valence-electron chi connectivity index (χ3n) is 10.7. The minimum absolute atomic E-state index is 0.567. The molecule has 0 aliphatic rings. The van der Waals surface area contributed by atoms with Crippen molar-refractivity contribution in [3.63, 3.8) is 0 Å². The van der Waals surface area contributed by atoms with Crippen molar-refractivity contribution in [2.75, 3.05) is 0 Å². The van der Waals surface area contributed by atoms with Crippen molar-refractivity contribution in [3.8, 4) is 56.7 Å². The fourth-order valence-electron chi connectivity index (χ4n) is 8.16. The molecule has 0 radical (unpaired) electrons. The van der Waals surface area contributed by atoms with Gasteiger partial charge in [0.25, 0.3) is 0 Å². The fourth-order valence-corrected chi connectivity index (χ4v) is 8.16. The van der Waals surface area contributed by atoms with Crippen LogP contribution in [0.25, 0.3) is 100 Å². The highest BCUT2D eigenvalue weighted by Crippen LogP contribution is 2.40. The van der Waals surface area contributed by atoms with Crippen LogP contribution in [0.15, 0.2) is 200 Å². The van der Waals surface area contributed by atoms with Crippen LogP contribution in [-0.2, 0) is 0 Å². The normalized spacial score (nSPS) is 11.6. The van der Waals surface area contributed by atoms with Gasteiger partial charge in [-0.05, 0) is 76.9 Å². The van der Waals surface area contributed by atoms with Gasteiger partial charge < -0.3 is 4.57 Å². The summed E-state index contributed by atoms with van der Waals surface area (Å²) in [5.74, 6) is 1.79. The summed E-state index contributed by atoms with van der Waals surface area (Å²) in [4.78, 5) is 15.8. The Hall–Kier alpha value is -7.63. The third kappa shape index (κ3) is 5.29. The first kappa shape index (κ1) is 31.9. The van der Waals surface area contributed by atoms with Gasteiger partial charge >= 0.3 is 0 Å². The molecule has 11 aromatic rings. The molecule has 0 spiro atoms. The largest absolute Gasteiger partial charge is 0.309 e. The van der Waals surface area contributed by atoms with E-state index in [1.54, 1.807) is 0 Å². The number of hydrogen-bond acceptors (Lipinski definition) is 3. The number of nitrogens with zero attached hydrogens (tertiary/aromatic N) is 5. The van der Waals surface area contributed by atoms with Gasteiger partial charge in [0.1, 0.15) is 0 Å². The summed E-state index contributed by atoms with van der Waals surface area (Å²) in [6.45, 7) is 0. The van der Waals surface area contributed by atoms with Crippen LogP contribution in [-0.4, -0.2) is 24.1 Å². The molecule has 0 aliphatic carbocycles. The molecule has 0 N–H and O–H groups in total. The van der Waals surface area contributed by atoms with Crippen LogP contribution in [0, 0.1) is 0 Å². The summed E-state index contributed by atoms with van der Waals surface area (Å²) in [6.07, 6.45) is 0. The second-order valence-corrected chi connectivity index (χ2v) is 14.1. The molecule has 0 unspecified atom stereocenters. The van der Waals surface area contributed by atoms with E-state index in [4.69, 9.17) is 15.0 Å². The van der Waals surface area contributed by atoms with Crippen LogP contribution in [0.5, 0.6) is 0 Å². The first-order chi connectivity index (χ1) is 27.8. The van der Waals surface area contributed by atoms with Gasteiger partial charge in [0.15, 0.2) is 11.6 Å². The lowest BCUT2D eigenvalue weighted by atomic mass is 9.96. The van der Waals surface area contributed by atoms with Crippen molar-refractivity contribution in [1.29, 1.82) is 0 Å². The van der Waals surface area contributed by atoms with Crippen molar-refractivity contribution in [2.24, 2.45) is 0 Å². The average Bonchev–Trinajstić information content (AvgIpc) is 3.78. The molecule has 0 atom stereocenters. The van der Waals surface area contributed by atoms with E-state index in [2.05, 4.69) is 191 Å². The number of para-hydroxylation sites is 3. The Morgan fingerprint density at radius 2 is 0.679 bits per heavy atom. The maximum Gasteiger partial charge on any atom is 0.238 e. The van der Waals surface area contributed by atoms with Crippen LogP contribution in [0.2, 0.25) is 0 Å². The summed E-state index contributed by atoms with van der Waals surface area (Å²) >= 11 is 0. The van der Waals surface area contributed by atoms with Gasteiger partial charge in [-0.2, -0.15) is 9.97 Å². The van der Waals surface area contributed by atoms with Crippen molar-refractivity contribution in [3.05, 3.63) is 200 Å². The summed E-state index contributed by atoms with van der Waals surface area (Å²) in [7, 11) is 0. The second kappa shape index (κ2) is 13.0. The summed E-state index contributed by atoms with van der Waals surface area (Å²) < 4.78 is 4.59. The van der Waals surface area contributed by atoms with Crippen molar-refractivity contribution in [1.82, 2.24) is 24.1 Å². The molecule has 8 aromatic carbocycles. The highest BCUT2D eigenvalue weighted by atomic mass is 15.2. The zero-order valence-electron chi connectivity index (χ0n) is 30.3. The monoisotopic (exact) mass is 715 g/mol. The molecule has 0 aliphatic heterocycles. The first-order valence-corrected chi connectivity index (χ1v) is 18.9. The fraction of sp³-hybridized carbons (Fsp3) is 0. The van der Waals surface area contributed by atoms with Gasteiger partial charge in [-0.25, -0.2) is 4.98 Å². The van der Waals surface area contributed by atoms with E-state index in [1.807, 2.05) is 18.2 Å². The van der Waals surface area contributed by atoms with Gasteiger partial charge in [-0.1, -0.05) is 146 Å². The van der Waals surface area contributed by atoms with E-state index < -0.39 is 0 Å². The lowest BCUT2D eigenvalue weighted by Gasteiger charge is -2.13. The number of rotatable bonds is 6. The van der Waals surface area contributed by atoms with Crippen LogP contribution >= 0.6 is 0 Å². The Balaban J connectivity index is 1.21. The third-order valence-corrected chi connectivity index (χ3v) is 10.7. The van der Waals surface area contributed by atoms with Gasteiger partial charge in [0, 0.05) is 38.4 Å². The van der Waals surface area contributed by atoms with Gasteiger partial charge in [0.05, 0.1) is 22.1 Å². The number of aromatic nitrogens is 5. The Labute approximate surface area is 323 Å². The molecule has 56 heavy (non-hydrogen) atoms. The summed E-state index contributed by atoms with van der Waals surface area (Å²) in [5, 5.41) is 4.63. The van der Waals surface area contributed by atoms with Crippen molar-refractivity contribution in [2.45, 2.75) is 0 Å². The molecule has 0 saturated carbocycles. The molecule has 0 amide bonds. The quantitative estimate of drug-likeness (QED) is 0.172. The summed E-state index contributed by atoms with van der Waals surface area (Å²) in [5.41, 5.74) is 11.8. The molecule has 11 rings (SSSR count). The topological polar surface area (TPSA) is 48.5 Å². The highest BCUT2D eigenvalue weighted by Gasteiger charge is 2.21. The minimum atomic E-state index is 0.567. The number of hydrogen-bond donors (Lipinski definition) is 0. The first-order valence-electron chi connectivity index (χ1n) is 18.9. The van der Waals surface area contributed by atoms with Crippen LogP contribution in [0.4, 0.5) is 0 Å². The molecule has 262 valence electrons. The van der Waals surface area contributed by atoms with Gasteiger partial charge in [-0.15, -0.1) is 0 Å². The maximum absolute atomic E-state index is 5.37. The van der Waals surface area contributed by atoms with E-state index in [0.29, 0.717) is 17.6 Å². The molecule has 0 bridgehead atoms. The van der Waals surface area contributed by atoms with Crippen molar-refractivity contribution < 1.29 is 0 Å². The molecule has 5 nitrogen and oxygen atoms in total. The maximum atomic E-state index is 5.37. The standard InChI is InChI=1S/C51H33N5/c1-5-17-34(18-6-1)37-29-38(35-19-7-2-8-20-35)31-39(30-37)50-52-49(36-21-9-3-10-22-36)53-51(54-50)56-46-28-16-14-26-42(46)44-32-47-43(33-48(44)56)41-25-13-15-27-45(41)55(47)40-23-11-4-12-24-40/h1-33H. The van der Waals surface area contributed by atoms with Crippen LogP contribution in [0.3, 0.4) is 0 Å². The molecule has 5 heteroatoms. The smallest absolute Gasteiger partial charge is 0.238 e. The predicted molar refractivity (Wildman–Crippen MR) is 230 cm³/mol. The van der Waals surface area contributed by atoms with Crippen molar-refractivity contribution >= 4 is 43.6 Å². The Morgan fingerprint density at radius 1 is 0.268 bits per heavy atom.